The maximum Gasteiger partial charge on any atom is 0.164 e. The summed E-state index contributed by atoms with van der Waals surface area (Å²) < 4.78 is 2.72. The van der Waals surface area contributed by atoms with Crippen molar-refractivity contribution >= 4 is 61.9 Å². The van der Waals surface area contributed by atoms with E-state index in [1.807, 2.05) is 23.6 Å². The van der Waals surface area contributed by atoms with Crippen LogP contribution in [0.3, 0.4) is 0 Å². The van der Waals surface area contributed by atoms with Crippen LogP contribution >= 0.6 is 50.7 Å². The van der Waals surface area contributed by atoms with E-state index >= 15 is 0 Å². The Labute approximate surface area is 145 Å². The summed E-state index contributed by atoms with van der Waals surface area (Å²) in [6.07, 6.45) is 1.72. The Balaban J connectivity index is 2.36. The lowest BCUT2D eigenvalue weighted by molar-refractivity contribution is 0.877. The smallest absolute Gasteiger partial charge is 0.164 e. The molecule has 0 saturated heterocycles. The minimum absolute atomic E-state index is 0.287. The van der Waals surface area contributed by atoms with Gasteiger partial charge in [-0.15, -0.1) is 11.6 Å². The number of imidazole rings is 1. The van der Waals surface area contributed by atoms with Gasteiger partial charge in [0.05, 0.1) is 16.1 Å². The predicted octanol–water partition coefficient (Wildman–Crippen LogP) is 5.79. The number of aromatic nitrogens is 3. The molecule has 0 bridgehead atoms. The summed E-state index contributed by atoms with van der Waals surface area (Å²) >= 11 is 21.9. The molecule has 0 amide bonds. The van der Waals surface area contributed by atoms with Gasteiger partial charge in [0.25, 0.3) is 0 Å². The Morgan fingerprint density at radius 3 is 2.67 bits per heavy atom. The fourth-order valence-corrected chi connectivity index (χ4v) is 3.08. The summed E-state index contributed by atoms with van der Waals surface area (Å²) in [6, 6.07) is 7.19. The molecule has 0 N–H and O–H groups in total. The van der Waals surface area contributed by atoms with Crippen LogP contribution < -0.4 is 0 Å². The average molecular weight is 406 g/mol. The molecule has 3 rings (SSSR count). The van der Waals surface area contributed by atoms with Gasteiger partial charge in [0.1, 0.15) is 11.3 Å². The lowest BCUT2D eigenvalue weighted by atomic mass is 10.3. The molecule has 3 nitrogen and oxygen atoms in total. The van der Waals surface area contributed by atoms with E-state index in [1.165, 1.54) is 0 Å². The Hall–Kier alpha value is -0.810. The molecule has 1 aromatic carbocycles. The zero-order valence-corrected chi connectivity index (χ0v) is 14.7. The number of rotatable bonds is 2. The van der Waals surface area contributed by atoms with Crippen LogP contribution in [0.5, 0.6) is 0 Å². The molecule has 1 atom stereocenters. The van der Waals surface area contributed by atoms with Crippen LogP contribution in [0.25, 0.3) is 16.9 Å². The van der Waals surface area contributed by atoms with Gasteiger partial charge in [-0.25, -0.2) is 9.97 Å². The SMILES string of the molecule is CC(Cl)c1nc2cc(Br)cnc2n1-c1ccc(Cl)cc1Cl. The van der Waals surface area contributed by atoms with Crippen LogP contribution in [0.1, 0.15) is 18.1 Å². The van der Waals surface area contributed by atoms with Crippen molar-refractivity contribution in [2.24, 2.45) is 0 Å². The Bertz CT molecular complexity index is 830. The molecule has 2 heterocycles. The molecular formula is C14H9BrCl3N3. The lowest BCUT2D eigenvalue weighted by Crippen LogP contribution is -2.03. The van der Waals surface area contributed by atoms with Gasteiger partial charge < -0.3 is 0 Å². The first-order valence-electron chi connectivity index (χ1n) is 6.11. The van der Waals surface area contributed by atoms with Gasteiger partial charge in [0.2, 0.25) is 0 Å². The summed E-state index contributed by atoms with van der Waals surface area (Å²) in [5, 5.41) is 0.805. The molecule has 7 heteroatoms. The fraction of sp³-hybridized carbons (Fsp3) is 0.143. The van der Waals surface area contributed by atoms with E-state index in [0.717, 1.165) is 15.7 Å². The first-order valence-corrected chi connectivity index (χ1v) is 8.09. The maximum atomic E-state index is 6.32. The Kier molecular flexibility index (Phi) is 4.14. The van der Waals surface area contributed by atoms with Crippen LogP contribution in [-0.2, 0) is 0 Å². The number of halogens is 4. The standard InChI is InChI=1S/C14H9BrCl3N3/c1-7(16)13-20-11-4-8(15)6-19-14(11)21(13)12-3-2-9(17)5-10(12)18/h2-7H,1H3. The zero-order valence-electron chi connectivity index (χ0n) is 10.8. The molecule has 0 spiro atoms. The summed E-state index contributed by atoms with van der Waals surface area (Å²) in [5.41, 5.74) is 2.20. The van der Waals surface area contributed by atoms with Gasteiger partial charge >= 0.3 is 0 Å². The number of nitrogens with zero attached hydrogens (tertiary/aromatic N) is 3. The highest BCUT2D eigenvalue weighted by Crippen LogP contribution is 2.32. The minimum Gasteiger partial charge on any atom is -0.278 e. The van der Waals surface area contributed by atoms with Crippen molar-refractivity contribution in [3.8, 4) is 5.69 Å². The van der Waals surface area contributed by atoms with Gasteiger partial charge in [-0.05, 0) is 47.1 Å². The maximum absolute atomic E-state index is 6.32. The predicted molar refractivity (Wildman–Crippen MR) is 90.9 cm³/mol. The van der Waals surface area contributed by atoms with E-state index < -0.39 is 0 Å². The second kappa shape index (κ2) is 5.76. The number of hydrogen-bond acceptors (Lipinski definition) is 2. The van der Waals surface area contributed by atoms with Crippen molar-refractivity contribution in [2.45, 2.75) is 12.3 Å². The van der Waals surface area contributed by atoms with E-state index in [1.54, 1.807) is 18.3 Å². The van der Waals surface area contributed by atoms with Crippen LogP contribution in [0, 0.1) is 0 Å². The van der Waals surface area contributed by atoms with Crippen molar-refractivity contribution in [2.75, 3.05) is 0 Å². The highest BCUT2D eigenvalue weighted by molar-refractivity contribution is 9.10. The molecule has 0 fully saturated rings. The normalized spacial score (nSPS) is 12.8. The van der Waals surface area contributed by atoms with Gasteiger partial charge in [-0.3, -0.25) is 4.57 Å². The molecule has 1 unspecified atom stereocenters. The van der Waals surface area contributed by atoms with Crippen molar-refractivity contribution in [1.82, 2.24) is 14.5 Å². The highest BCUT2D eigenvalue weighted by Gasteiger charge is 2.19. The summed E-state index contributed by atoms with van der Waals surface area (Å²) in [5.74, 6) is 0.682. The Morgan fingerprint density at radius 1 is 1.24 bits per heavy atom. The van der Waals surface area contributed by atoms with Crippen LogP contribution in [0.15, 0.2) is 34.9 Å². The third-order valence-electron chi connectivity index (χ3n) is 3.00. The van der Waals surface area contributed by atoms with Gasteiger partial charge in [0.15, 0.2) is 5.65 Å². The third-order valence-corrected chi connectivity index (χ3v) is 4.16. The van der Waals surface area contributed by atoms with E-state index in [-0.39, 0.29) is 5.38 Å². The highest BCUT2D eigenvalue weighted by atomic mass is 79.9. The molecular weight excluding hydrogens is 396 g/mol. The number of alkyl halides is 1. The van der Waals surface area contributed by atoms with Crippen molar-refractivity contribution < 1.29 is 0 Å². The second-order valence-electron chi connectivity index (χ2n) is 4.51. The number of hydrogen-bond donors (Lipinski definition) is 0. The third kappa shape index (κ3) is 2.78. The van der Waals surface area contributed by atoms with Gasteiger partial charge in [0, 0.05) is 15.7 Å². The first kappa shape index (κ1) is 15.1. The number of fused-ring (bicyclic) bond motifs is 1. The topological polar surface area (TPSA) is 30.7 Å². The summed E-state index contributed by atoms with van der Waals surface area (Å²) in [4.78, 5) is 8.99. The lowest BCUT2D eigenvalue weighted by Gasteiger charge is -2.11. The second-order valence-corrected chi connectivity index (χ2v) is 6.93. The van der Waals surface area contributed by atoms with Gasteiger partial charge in [-0.2, -0.15) is 0 Å². The van der Waals surface area contributed by atoms with E-state index in [4.69, 9.17) is 34.8 Å². The molecule has 21 heavy (non-hydrogen) atoms. The largest absolute Gasteiger partial charge is 0.278 e. The molecule has 0 radical (unpaired) electrons. The molecule has 0 saturated carbocycles. The van der Waals surface area contributed by atoms with Crippen LogP contribution in [-0.4, -0.2) is 14.5 Å². The zero-order chi connectivity index (χ0) is 15.1. The van der Waals surface area contributed by atoms with Crippen molar-refractivity contribution in [1.29, 1.82) is 0 Å². The van der Waals surface area contributed by atoms with Crippen molar-refractivity contribution in [3.05, 3.63) is 50.8 Å². The molecule has 0 aliphatic carbocycles. The quantitative estimate of drug-likeness (QED) is 0.505. The Morgan fingerprint density at radius 2 is 2.00 bits per heavy atom. The molecule has 0 aliphatic heterocycles. The molecule has 0 aliphatic rings. The minimum atomic E-state index is -0.287. The summed E-state index contributed by atoms with van der Waals surface area (Å²) in [7, 11) is 0. The molecule has 3 aromatic rings. The van der Waals surface area contributed by atoms with Crippen LogP contribution in [0.2, 0.25) is 10.0 Å². The first-order chi connectivity index (χ1) is 9.97. The average Bonchev–Trinajstić information content (AvgIpc) is 2.77. The number of pyridine rings is 1. The fourth-order valence-electron chi connectivity index (χ4n) is 2.12. The molecule has 108 valence electrons. The summed E-state index contributed by atoms with van der Waals surface area (Å²) in [6.45, 7) is 1.86. The molecule has 2 aromatic heterocycles. The van der Waals surface area contributed by atoms with E-state index in [2.05, 4.69) is 25.9 Å². The van der Waals surface area contributed by atoms with E-state index in [9.17, 15) is 0 Å². The number of benzene rings is 1. The van der Waals surface area contributed by atoms with Crippen LogP contribution in [0.4, 0.5) is 0 Å². The monoisotopic (exact) mass is 403 g/mol. The van der Waals surface area contributed by atoms with Crippen molar-refractivity contribution in [3.63, 3.8) is 0 Å². The van der Waals surface area contributed by atoms with E-state index in [0.29, 0.717) is 21.5 Å². The van der Waals surface area contributed by atoms with Gasteiger partial charge in [-0.1, -0.05) is 23.2 Å².